The first-order valence-corrected chi connectivity index (χ1v) is 6.32. The molecule has 0 aliphatic rings. The maximum Gasteiger partial charge on any atom is 0.242 e. The van der Waals surface area contributed by atoms with E-state index in [1.54, 1.807) is 6.92 Å². The summed E-state index contributed by atoms with van der Waals surface area (Å²) in [6.07, 6.45) is 0. The van der Waals surface area contributed by atoms with Crippen LogP contribution in [-0.4, -0.2) is 24.4 Å². The third-order valence-corrected chi connectivity index (χ3v) is 2.82. The minimum atomic E-state index is -0.516. The highest BCUT2D eigenvalue weighted by atomic mass is 35.5. The van der Waals surface area contributed by atoms with Crippen LogP contribution in [0.3, 0.4) is 0 Å². The van der Waals surface area contributed by atoms with Crippen molar-refractivity contribution in [2.24, 2.45) is 0 Å². The lowest BCUT2D eigenvalue weighted by atomic mass is 10.2. The lowest BCUT2D eigenvalue weighted by molar-refractivity contribution is -0.115. The van der Waals surface area contributed by atoms with E-state index >= 15 is 0 Å². The molecule has 0 bridgehead atoms. The van der Waals surface area contributed by atoms with Gasteiger partial charge in [0.15, 0.2) is 0 Å². The van der Waals surface area contributed by atoms with Gasteiger partial charge in [0.05, 0.1) is 0 Å². The van der Waals surface area contributed by atoms with Gasteiger partial charge in [-0.25, -0.2) is 0 Å². The van der Waals surface area contributed by atoms with Crippen LogP contribution in [0.5, 0.6) is 0 Å². The molecule has 0 aromatic heterocycles. The maximum atomic E-state index is 11.4. The summed E-state index contributed by atoms with van der Waals surface area (Å²) in [6, 6.07) is 7.79. The largest absolute Gasteiger partial charge is 0.372 e. The number of alkyl halides is 1. The van der Waals surface area contributed by atoms with Gasteiger partial charge in [-0.3, -0.25) is 4.79 Å². The Balaban J connectivity index is 2.71. The summed E-state index contributed by atoms with van der Waals surface area (Å²) >= 11 is 5.68. The lowest BCUT2D eigenvalue weighted by Crippen LogP contribution is -2.22. The summed E-state index contributed by atoms with van der Waals surface area (Å²) in [5.74, 6) is -0.178. The van der Waals surface area contributed by atoms with Gasteiger partial charge in [0.25, 0.3) is 0 Å². The SMILES string of the molecule is CCN(CC)c1ccc(NC(=O)C(C)Cl)cc1. The lowest BCUT2D eigenvalue weighted by Gasteiger charge is -2.21. The zero-order valence-electron chi connectivity index (χ0n) is 10.5. The Morgan fingerprint density at radius 2 is 1.82 bits per heavy atom. The van der Waals surface area contributed by atoms with Crippen LogP contribution in [0.1, 0.15) is 20.8 Å². The predicted molar refractivity (Wildman–Crippen MR) is 73.9 cm³/mol. The van der Waals surface area contributed by atoms with E-state index in [1.807, 2.05) is 24.3 Å². The van der Waals surface area contributed by atoms with E-state index in [0.29, 0.717) is 0 Å². The normalized spacial score (nSPS) is 12.0. The number of nitrogens with one attached hydrogen (secondary N) is 1. The smallest absolute Gasteiger partial charge is 0.242 e. The number of carbonyl (C=O) groups is 1. The van der Waals surface area contributed by atoms with Crippen molar-refractivity contribution in [2.45, 2.75) is 26.1 Å². The Morgan fingerprint density at radius 1 is 1.29 bits per heavy atom. The average molecular weight is 255 g/mol. The molecule has 17 heavy (non-hydrogen) atoms. The Morgan fingerprint density at radius 3 is 2.24 bits per heavy atom. The van der Waals surface area contributed by atoms with Crippen LogP contribution in [0.25, 0.3) is 0 Å². The number of anilines is 2. The van der Waals surface area contributed by atoms with Crippen molar-refractivity contribution >= 4 is 28.9 Å². The van der Waals surface area contributed by atoms with Crippen molar-refractivity contribution in [3.8, 4) is 0 Å². The van der Waals surface area contributed by atoms with Crippen LogP contribution >= 0.6 is 11.6 Å². The molecular weight excluding hydrogens is 236 g/mol. The number of carbonyl (C=O) groups excluding carboxylic acids is 1. The Kier molecular flexibility index (Phi) is 5.29. The van der Waals surface area contributed by atoms with Gasteiger partial charge in [0.1, 0.15) is 5.38 Å². The highest BCUT2D eigenvalue weighted by Crippen LogP contribution is 2.18. The quantitative estimate of drug-likeness (QED) is 0.819. The van der Waals surface area contributed by atoms with Crippen LogP contribution < -0.4 is 10.2 Å². The molecular formula is C13H19ClN2O. The van der Waals surface area contributed by atoms with Gasteiger partial charge in [-0.15, -0.1) is 11.6 Å². The summed E-state index contributed by atoms with van der Waals surface area (Å²) in [5.41, 5.74) is 1.94. The first kappa shape index (κ1) is 13.8. The summed E-state index contributed by atoms with van der Waals surface area (Å²) in [7, 11) is 0. The van der Waals surface area contributed by atoms with Crippen LogP contribution in [0.4, 0.5) is 11.4 Å². The third-order valence-electron chi connectivity index (χ3n) is 2.62. The fourth-order valence-corrected chi connectivity index (χ4v) is 1.64. The van der Waals surface area contributed by atoms with E-state index in [1.165, 1.54) is 0 Å². The molecule has 1 aromatic rings. The summed E-state index contributed by atoms with van der Waals surface area (Å²) in [4.78, 5) is 13.6. The molecule has 0 radical (unpaired) electrons. The van der Waals surface area contributed by atoms with E-state index < -0.39 is 5.38 Å². The number of nitrogens with zero attached hydrogens (tertiary/aromatic N) is 1. The van der Waals surface area contributed by atoms with Gasteiger partial charge in [-0.05, 0) is 45.0 Å². The fraction of sp³-hybridized carbons (Fsp3) is 0.462. The highest BCUT2D eigenvalue weighted by Gasteiger charge is 2.09. The summed E-state index contributed by atoms with van der Waals surface area (Å²) in [5, 5.41) is 2.24. The molecule has 1 atom stereocenters. The summed E-state index contributed by atoms with van der Waals surface area (Å²) < 4.78 is 0. The number of hydrogen-bond donors (Lipinski definition) is 1. The van der Waals surface area contributed by atoms with Crippen molar-refractivity contribution in [1.29, 1.82) is 0 Å². The Hall–Kier alpha value is -1.22. The molecule has 0 saturated heterocycles. The van der Waals surface area contributed by atoms with E-state index in [9.17, 15) is 4.79 Å². The second-order valence-corrected chi connectivity index (χ2v) is 4.48. The van der Waals surface area contributed by atoms with Crippen LogP contribution in [-0.2, 0) is 4.79 Å². The molecule has 1 rings (SSSR count). The number of hydrogen-bond acceptors (Lipinski definition) is 2. The van der Waals surface area contributed by atoms with Crippen molar-refractivity contribution < 1.29 is 4.79 Å². The first-order valence-electron chi connectivity index (χ1n) is 5.88. The zero-order chi connectivity index (χ0) is 12.8. The second-order valence-electron chi connectivity index (χ2n) is 3.82. The molecule has 1 aromatic carbocycles. The number of halogens is 1. The Bertz CT molecular complexity index is 358. The Labute approximate surface area is 108 Å². The molecule has 0 saturated carbocycles. The van der Waals surface area contributed by atoms with Crippen molar-refractivity contribution in [2.75, 3.05) is 23.3 Å². The maximum absolute atomic E-state index is 11.4. The van der Waals surface area contributed by atoms with Gasteiger partial charge >= 0.3 is 0 Å². The third kappa shape index (κ3) is 3.93. The van der Waals surface area contributed by atoms with Gasteiger partial charge in [0, 0.05) is 24.5 Å². The topological polar surface area (TPSA) is 32.3 Å². The first-order chi connectivity index (χ1) is 8.08. The van der Waals surface area contributed by atoms with Gasteiger partial charge < -0.3 is 10.2 Å². The van der Waals surface area contributed by atoms with Crippen LogP contribution in [0.15, 0.2) is 24.3 Å². The van der Waals surface area contributed by atoms with Gasteiger partial charge in [-0.2, -0.15) is 0 Å². The monoisotopic (exact) mass is 254 g/mol. The molecule has 1 amide bonds. The van der Waals surface area contributed by atoms with Crippen molar-refractivity contribution in [3.63, 3.8) is 0 Å². The van der Waals surface area contributed by atoms with Crippen molar-refractivity contribution in [3.05, 3.63) is 24.3 Å². The number of rotatable bonds is 5. The van der Waals surface area contributed by atoms with Crippen molar-refractivity contribution in [1.82, 2.24) is 0 Å². The molecule has 0 aliphatic carbocycles. The molecule has 0 heterocycles. The van der Waals surface area contributed by atoms with Crippen LogP contribution in [0, 0.1) is 0 Å². The molecule has 94 valence electrons. The van der Waals surface area contributed by atoms with Gasteiger partial charge in [-0.1, -0.05) is 0 Å². The predicted octanol–water partition coefficient (Wildman–Crippen LogP) is 3.10. The molecule has 0 aliphatic heterocycles. The molecule has 0 spiro atoms. The number of amides is 1. The minimum absolute atomic E-state index is 0.178. The average Bonchev–Trinajstić information content (AvgIpc) is 2.32. The molecule has 0 fully saturated rings. The summed E-state index contributed by atoms with van der Waals surface area (Å²) in [6.45, 7) is 7.84. The van der Waals surface area contributed by atoms with E-state index in [0.717, 1.165) is 24.5 Å². The molecule has 4 heteroatoms. The number of benzene rings is 1. The van der Waals surface area contributed by atoms with E-state index in [-0.39, 0.29) is 5.91 Å². The minimum Gasteiger partial charge on any atom is -0.372 e. The second kappa shape index (κ2) is 6.50. The molecule has 3 nitrogen and oxygen atoms in total. The highest BCUT2D eigenvalue weighted by molar-refractivity contribution is 6.32. The molecule has 1 unspecified atom stereocenters. The van der Waals surface area contributed by atoms with Crippen LogP contribution in [0.2, 0.25) is 0 Å². The van der Waals surface area contributed by atoms with E-state index in [2.05, 4.69) is 24.1 Å². The molecule has 1 N–H and O–H groups in total. The fourth-order valence-electron chi connectivity index (χ4n) is 1.59. The van der Waals surface area contributed by atoms with Gasteiger partial charge in [0.2, 0.25) is 5.91 Å². The van der Waals surface area contributed by atoms with E-state index in [4.69, 9.17) is 11.6 Å². The zero-order valence-corrected chi connectivity index (χ0v) is 11.3. The standard InChI is InChI=1S/C13H19ClN2O/c1-4-16(5-2)12-8-6-11(7-9-12)15-13(17)10(3)14/h6-10H,4-5H2,1-3H3,(H,15,17).